The maximum atomic E-state index is 12.1. The minimum absolute atomic E-state index is 0.0315. The minimum Gasteiger partial charge on any atom is -0.355 e. The van der Waals surface area contributed by atoms with Crippen LogP contribution in [-0.2, 0) is 14.4 Å². The van der Waals surface area contributed by atoms with Gasteiger partial charge in [0.1, 0.15) is 0 Å². The molecule has 1 heterocycles. The standard InChI is InChI=1S/C16H30N4O3/c1-5-6-17-13(21)12-19-7-9-20(10-8-19)14(22)11-18-15(23)16(2,3)4/h5-12H2,1-4H3,(H,17,21)(H,18,23). The van der Waals surface area contributed by atoms with Crippen LogP contribution in [0, 0.1) is 5.41 Å². The molecule has 0 aromatic rings. The molecular formula is C16H30N4O3. The van der Waals surface area contributed by atoms with E-state index in [2.05, 4.69) is 10.6 Å². The summed E-state index contributed by atoms with van der Waals surface area (Å²) in [4.78, 5) is 39.3. The van der Waals surface area contributed by atoms with Gasteiger partial charge in [0.05, 0.1) is 13.1 Å². The van der Waals surface area contributed by atoms with Crippen molar-refractivity contribution in [2.24, 2.45) is 5.41 Å². The van der Waals surface area contributed by atoms with Gasteiger partial charge in [-0.25, -0.2) is 0 Å². The van der Waals surface area contributed by atoms with Gasteiger partial charge in [0, 0.05) is 38.1 Å². The van der Waals surface area contributed by atoms with Crippen molar-refractivity contribution in [3.8, 4) is 0 Å². The molecule has 0 aromatic heterocycles. The van der Waals surface area contributed by atoms with Crippen molar-refractivity contribution in [1.29, 1.82) is 0 Å². The van der Waals surface area contributed by atoms with Crippen LogP contribution in [0.1, 0.15) is 34.1 Å². The Morgan fingerprint density at radius 2 is 1.61 bits per heavy atom. The summed E-state index contributed by atoms with van der Waals surface area (Å²) >= 11 is 0. The van der Waals surface area contributed by atoms with Gasteiger partial charge in [0.25, 0.3) is 0 Å². The lowest BCUT2D eigenvalue weighted by Crippen LogP contribution is -2.53. The Kier molecular flexibility index (Phi) is 7.48. The SMILES string of the molecule is CCCNC(=O)CN1CCN(C(=O)CNC(=O)C(C)(C)C)CC1. The number of amides is 3. The summed E-state index contributed by atoms with van der Waals surface area (Å²) in [5.74, 6) is -0.168. The molecule has 1 aliphatic heterocycles. The number of carbonyl (C=O) groups is 3. The molecule has 0 atom stereocenters. The zero-order chi connectivity index (χ0) is 17.5. The summed E-state index contributed by atoms with van der Waals surface area (Å²) in [5.41, 5.74) is -0.495. The van der Waals surface area contributed by atoms with Crippen molar-refractivity contribution in [1.82, 2.24) is 20.4 Å². The van der Waals surface area contributed by atoms with Crippen LogP contribution >= 0.6 is 0 Å². The highest BCUT2D eigenvalue weighted by atomic mass is 16.2. The van der Waals surface area contributed by atoms with Gasteiger partial charge in [0.2, 0.25) is 17.7 Å². The van der Waals surface area contributed by atoms with E-state index in [4.69, 9.17) is 0 Å². The molecule has 1 aliphatic rings. The maximum absolute atomic E-state index is 12.1. The van der Waals surface area contributed by atoms with Crippen molar-refractivity contribution in [3.63, 3.8) is 0 Å². The molecule has 0 spiro atoms. The van der Waals surface area contributed by atoms with E-state index in [1.54, 1.807) is 4.90 Å². The predicted molar refractivity (Wildman–Crippen MR) is 88.8 cm³/mol. The van der Waals surface area contributed by atoms with E-state index in [1.807, 2.05) is 32.6 Å². The fourth-order valence-electron chi connectivity index (χ4n) is 2.21. The van der Waals surface area contributed by atoms with Crippen molar-refractivity contribution >= 4 is 17.7 Å². The summed E-state index contributed by atoms with van der Waals surface area (Å²) in [6.07, 6.45) is 0.925. The van der Waals surface area contributed by atoms with Crippen LogP contribution in [0.25, 0.3) is 0 Å². The summed E-state index contributed by atoms with van der Waals surface area (Å²) in [5, 5.41) is 5.53. The molecule has 0 aromatic carbocycles. The van der Waals surface area contributed by atoms with Crippen LogP contribution in [0.2, 0.25) is 0 Å². The molecule has 132 valence electrons. The van der Waals surface area contributed by atoms with Gasteiger partial charge in [-0.05, 0) is 6.42 Å². The highest BCUT2D eigenvalue weighted by Crippen LogP contribution is 2.12. The first-order valence-electron chi connectivity index (χ1n) is 8.29. The smallest absolute Gasteiger partial charge is 0.242 e. The molecule has 23 heavy (non-hydrogen) atoms. The Morgan fingerprint density at radius 3 is 2.13 bits per heavy atom. The Morgan fingerprint density at radius 1 is 1.00 bits per heavy atom. The molecule has 0 unspecified atom stereocenters. The van der Waals surface area contributed by atoms with Gasteiger partial charge >= 0.3 is 0 Å². The summed E-state index contributed by atoms with van der Waals surface area (Å²) in [6.45, 7) is 11.1. The second-order valence-corrected chi connectivity index (χ2v) is 6.94. The zero-order valence-electron chi connectivity index (χ0n) is 14.8. The lowest BCUT2D eigenvalue weighted by Gasteiger charge is -2.34. The number of carbonyl (C=O) groups excluding carboxylic acids is 3. The number of piperazine rings is 1. The number of nitrogens with one attached hydrogen (secondary N) is 2. The molecule has 1 rings (SSSR count). The first-order chi connectivity index (χ1) is 10.7. The summed E-state index contributed by atoms with van der Waals surface area (Å²) in [6, 6.07) is 0. The van der Waals surface area contributed by atoms with Crippen LogP contribution in [0.15, 0.2) is 0 Å². The molecular weight excluding hydrogens is 296 g/mol. The second-order valence-electron chi connectivity index (χ2n) is 6.94. The second kappa shape index (κ2) is 8.86. The maximum Gasteiger partial charge on any atom is 0.242 e. The normalized spacial score (nSPS) is 16.1. The number of nitrogens with zero attached hydrogens (tertiary/aromatic N) is 2. The Hall–Kier alpha value is -1.63. The van der Waals surface area contributed by atoms with Gasteiger partial charge in [-0.15, -0.1) is 0 Å². The number of hydrogen-bond donors (Lipinski definition) is 2. The monoisotopic (exact) mass is 326 g/mol. The number of hydrogen-bond acceptors (Lipinski definition) is 4. The van der Waals surface area contributed by atoms with Crippen molar-refractivity contribution in [3.05, 3.63) is 0 Å². The highest BCUT2D eigenvalue weighted by molar-refractivity contribution is 5.87. The first kappa shape index (κ1) is 19.4. The lowest BCUT2D eigenvalue weighted by atomic mass is 9.96. The minimum atomic E-state index is -0.495. The van der Waals surface area contributed by atoms with Crippen LogP contribution in [0.4, 0.5) is 0 Å². The molecule has 0 bridgehead atoms. The van der Waals surface area contributed by atoms with Gasteiger partial charge in [-0.3, -0.25) is 19.3 Å². The third kappa shape index (κ3) is 6.99. The van der Waals surface area contributed by atoms with Gasteiger partial charge in [-0.1, -0.05) is 27.7 Å². The number of rotatable bonds is 6. The van der Waals surface area contributed by atoms with Crippen molar-refractivity contribution in [2.45, 2.75) is 34.1 Å². The summed E-state index contributed by atoms with van der Waals surface area (Å²) in [7, 11) is 0. The fraction of sp³-hybridized carbons (Fsp3) is 0.812. The highest BCUT2D eigenvalue weighted by Gasteiger charge is 2.25. The van der Waals surface area contributed by atoms with Crippen molar-refractivity contribution in [2.75, 3.05) is 45.8 Å². The first-order valence-corrected chi connectivity index (χ1v) is 8.29. The molecule has 2 N–H and O–H groups in total. The Balaban J connectivity index is 2.28. The quantitative estimate of drug-likeness (QED) is 0.709. The van der Waals surface area contributed by atoms with E-state index in [0.29, 0.717) is 39.3 Å². The molecule has 0 aliphatic carbocycles. The van der Waals surface area contributed by atoms with Crippen LogP contribution in [-0.4, -0.2) is 73.3 Å². The predicted octanol–water partition coefficient (Wildman–Crippen LogP) is -0.181. The van der Waals surface area contributed by atoms with Gasteiger partial charge < -0.3 is 15.5 Å². The van der Waals surface area contributed by atoms with E-state index in [0.717, 1.165) is 6.42 Å². The van der Waals surface area contributed by atoms with Crippen LogP contribution in [0.3, 0.4) is 0 Å². The third-order valence-electron chi connectivity index (χ3n) is 3.75. The van der Waals surface area contributed by atoms with E-state index in [1.165, 1.54) is 0 Å². The zero-order valence-corrected chi connectivity index (χ0v) is 14.8. The molecule has 1 fully saturated rings. The van der Waals surface area contributed by atoms with Crippen LogP contribution < -0.4 is 10.6 Å². The van der Waals surface area contributed by atoms with Crippen molar-refractivity contribution < 1.29 is 14.4 Å². The lowest BCUT2D eigenvalue weighted by molar-refractivity contribution is -0.136. The molecule has 7 nitrogen and oxygen atoms in total. The average molecular weight is 326 g/mol. The van der Waals surface area contributed by atoms with E-state index in [9.17, 15) is 14.4 Å². The largest absolute Gasteiger partial charge is 0.355 e. The van der Waals surface area contributed by atoms with Crippen LogP contribution in [0.5, 0.6) is 0 Å². The third-order valence-corrected chi connectivity index (χ3v) is 3.75. The molecule has 0 saturated carbocycles. The average Bonchev–Trinajstić information content (AvgIpc) is 2.50. The Labute approximate surface area is 138 Å². The Bertz CT molecular complexity index is 424. The van der Waals surface area contributed by atoms with Gasteiger partial charge in [-0.2, -0.15) is 0 Å². The molecule has 3 amide bonds. The fourth-order valence-corrected chi connectivity index (χ4v) is 2.21. The van der Waals surface area contributed by atoms with E-state index >= 15 is 0 Å². The molecule has 0 radical (unpaired) electrons. The van der Waals surface area contributed by atoms with Gasteiger partial charge in [0.15, 0.2) is 0 Å². The molecule has 1 saturated heterocycles. The topological polar surface area (TPSA) is 81.8 Å². The van der Waals surface area contributed by atoms with E-state index < -0.39 is 5.41 Å². The summed E-state index contributed by atoms with van der Waals surface area (Å²) < 4.78 is 0. The van der Waals surface area contributed by atoms with E-state index in [-0.39, 0.29) is 24.3 Å². The molecule has 7 heteroatoms.